The third-order valence-corrected chi connectivity index (χ3v) is 3.24. The first kappa shape index (κ1) is 13.3. The highest BCUT2D eigenvalue weighted by Crippen LogP contribution is 2.44. The molecule has 0 radical (unpaired) electrons. The molecule has 16 heavy (non-hydrogen) atoms. The summed E-state index contributed by atoms with van der Waals surface area (Å²) in [6.07, 6.45) is -4.31. The van der Waals surface area contributed by atoms with E-state index < -0.39 is 29.6 Å². The van der Waals surface area contributed by atoms with Crippen molar-refractivity contribution in [1.29, 1.82) is 0 Å². The monoisotopic (exact) mass is 238 g/mol. The van der Waals surface area contributed by atoms with E-state index in [0.717, 1.165) is 0 Å². The maximum atomic E-state index is 12.7. The lowest BCUT2D eigenvalue weighted by molar-refractivity contribution is -0.192. The molecule has 2 N–H and O–H groups in total. The lowest BCUT2D eigenvalue weighted by Crippen LogP contribution is -2.53. The molecule has 6 heteroatoms. The van der Waals surface area contributed by atoms with E-state index in [0.29, 0.717) is 0 Å². The number of amides is 1. The van der Waals surface area contributed by atoms with E-state index in [2.05, 4.69) is 0 Å². The van der Waals surface area contributed by atoms with E-state index in [9.17, 15) is 18.0 Å². The summed E-state index contributed by atoms with van der Waals surface area (Å²) in [5.74, 6) is -1.89. The van der Waals surface area contributed by atoms with Crippen LogP contribution in [-0.4, -0.2) is 35.1 Å². The zero-order valence-electron chi connectivity index (χ0n) is 9.64. The van der Waals surface area contributed by atoms with Gasteiger partial charge in [-0.2, -0.15) is 13.2 Å². The molecule has 0 aromatic rings. The maximum Gasteiger partial charge on any atom is 0.394 e. The number of hydrogen-bond acceptors (Lipinski definition) is 2. The second-order valence-electron chi connectivity index (χ2n) is 4.82. The Morgan fingerprint density at radius 3 is 2.31 bits per heavy atom. The Kier molecular flexibility index (Phi) is 3.24. The van der Waals surface area contributed by atoms with Gasteiger partial charge < -0.3 is 10.6 Å². The lowest BCUT2D eigenvalue weighted by Gasteiger charge is -2.37. The molecule has 1 saturated heterocycles. The van der Waals surface area contributed by atoms with Gasteiger partial charge in [0.2, 0.25) is 5.91 Å². The molecule has 1 aliphatic heterocycles. The number of nitrogens with two attached hydrogens (primary N) is 1. The molecule has 2 atom stereocenters. The van der Waals surface area contributed by atoms with Gasteiger partial charge in [0.25, 0.3) is 0 Å². The van der Waals surface area contributed by atoms with Crippen LogP contribution < -0.4 is 5.73 Å². The van der Waals surface area contributed by atoms with Crippen LogP contribution in [0.3, 0.4) is 0 Å². The largest absolute Gasteiger partial charge is 0.394 e. The molecule has 0 saturated carbocycles. The van der Waals surface area contributed by atoms with Gasteiger partial charge in [-0.15, -0.1) is 0 Å². The minimum absolute atomic E-state index is 0.0467. The second kappa shape index (κ2) is 3.91. The summed E-state index contributed by atoms with van der Waals surface area (Å²) < 4.78 is 38.2. The van der Waals surface area contributed by atoms with Crippen molar-refractivity contribution in [2.45, 2.75) is 44.9 Å². The smallest absolute Gasteiger partial charge is 0.336 e. The highest BCUT2D eigenvalue weighted by molar-refractivity contribution is 5.82. The van der Waals surface area contributed by atoms with Crippen LogP contribution >= 0.6 is 0 Å². The van der Waals surface area contributed by atoms with Crippen LogP contribution in [0, 0.1) is 5.92 Å². The Labute approximate surface area is 92.8 Å². The predicted octanol–water partition coefficient (Wildman–Crippen LogP) is 1.52. The molecule has 1 unspecified atom stereocenters. The Morgan fingerprint density at radius 1 is 1.50 bits per heavy atom. The van der Waals surface area contributed by atoms with Crippen molar-refractivity contribution < 1.29 is 18.0 Å². The molecular weight excluding hydrogens is 221 g/mol. The SMILES string of the molecule is C[C@H](N)C(=O)N1CCC(C(F)(F)F)C1(C)C. The zero-order valence-corrected chi connectivity index (χ0v) is 9.64. The van der Waals surface area contributed by atoms with Gasteiger partial charge in [0, 0.05) is 12.1 Å². The van der Waals surface area contributed by atoms with E-state index in [1.807, 2.05) is 0 Å². The average molecular weight is 238 g/mol. The molecule has 1 aliphatic rings. The molecular formula is C10H17F3N2O. The fourth-order valence-electron chi connectivity index (χ4n) is 2.29. The quantitative estimate of drug-likeness (QED) is 0.753. The molecule has 0 aromatic carbocycles. The van der Waals surface area contributed by atoms with Crippen LogP contribution in [0.25, 0.3) is 0 Å². The molecule has 1 amide bonds. The van der Waals surface area contributed by atoms with Crippen molar-refractivity contribution in [2.75, 3.05) is 6.54 Å². The van der Waals surface area contributed by atoms with E-state index in [-0.39, 0.29) is 13.0 Å². The van der Waals surface area contributed by atoms with Gasteiger partial charge in [-0.3, -0.25) is 4.79 Å². The van der Waals surface area contributed by atoms with E-state index in [1.165, 1.54) is 25.7 Å². The van der Waals surface area contributed by atoms with Gasteiger partial charge in [-0.25, -0.2) is 0 Å². The topological polar surface area (TPSA) is 46.3 Å². The first-order chi connectivity index (χ1) is 7.08. The Hall–Kier alpha value is -0.780. The molecule has 0 aliphatic carbocycles. The minimum atomic E-state index is -4.27. The maximum absolute atomic E-state index is 12.7. The summed E-state index contributed by atoms with van der Waals surface area (Å²) in [5.41, 5.74) is 4.21. The standard InChI is InChI=1S/C10H17F3N2O/c1-6(14)8(16)15-5-4-7(9(15,2)3)10(11,12)13/h6-7H,4-5,14H2,1-3H3/t6-,7?/m0/s1. The molecule has 0 bridgehead atoms. The highest BCUT2D eigenvalue weighted by atomic mass is 19.4. The summed E-state index contributed by atoms with van der Waals surface area (Å²) in [4.78, 5) is 12.9. The Balaban J connectivity index is 2.92. The third kappa shape index (κ3) is 2.16. The molecule has 0 spiro atoms. The van der Waals surface area contributed by atoms with Gasteiger partial charge in [0.1, 0.15) is 0 Å². The van der Waals surface area contributed by atoms with Gasteiger partial charge in [0.15, 0.2) is 0 Å². The molecule has 3 nitrogen and oxygen atoms in total. The normalized spacial score (nSPS) is 26.9. The predicted molar refractivity (Wildman–Crippen MR) is 53.6 cm³/mol. The summed E-state index contributed by atoms with van der Waals surface area (Å²) >= 11 is 0. The van der Waals surface area contributed by atoms with Crippen molar-refractivity contribution in [3.8, 4) is 0 Å². The third-order valence-electron chi connectivity index (χ3n) is 3.24. The number of hydrogen-bond donors (Lipinski definition) is 1. The minimum Gasteiger partial charge on any atom is -0.336 e. The Morgan fingerprint density at radius 2 is 2.00 bits per heavy atom. The first-order valence-corrected chi connectivity index (χ1v) is 5.22. The molecule has 1 rings (SSSR count). The van der Waals surface area contributed by atoms with Crippen molar-refractivity contribution in [1.82, 2.24) is 4.90 Å². The van der Waals surface area contributed by atoms with E-state index >= 15 is 0 Å². The van der Waals surface area contributed by atoms with Crippen LogP contribution in [0.15, 0.2) is 0 Å². The molecule has 0 aromatic heterocycles. The summed E-state index contributed by atoms with van der Waals surface area (Å²) in [6.45, 7) is 4.49. The van der Waals surface area contributed by atoms with Crippen molar-refractivity contribution in [3.63, 3.8) is 0 Å². The number of nitrogens with zero attached hydrogens (tertiary/aromatic N) is 1. The fourth-order valence-corrected chi connectivity index (χ4v) is 2.29. The van der Waals surface area contributed by atoms with Gasteiger partial charge in [0.05, 0.1) is 12.0 Å². The fraction of sp³-hybridized carbons (Fsp3) is 0.900. The van der Waals surface area contributed by atoms with Crippen molar-refractivity contribution >= 4 is 5.91 Å². The van der Waals surface area contributed by atoms with Gasteiger partial charge in [-0.05, 0) is 27.2 Å². The number of rotatable bonds is 1. The number of halogens is 3. The zero-order chi connectivity index (χ0) is 12.7. The second-order valence-corrected chi connectivity index (χ2v) is 4.82. The van der Waals surface area contributed by atoms with Crippen LogP contribution in [0.4, 0.5) is 13.2 Å². The summed E-state index contributed by atoms with van der Waals surface area (Å²) in [7, 11) is 0. The molecule has 1 fully saturated rings. The first-order valence-electron chi connectivity index (χ1n) is 5.22. The van der Waals surface area contributed by atoms with E-state index in [4.69, 9.17) is 5.73 Å². The highest BCUT2D eigenvalue weighted by Gasteiger charge is 2.56. The summed E-state index contributed by atoms with van der Waals surface area (Å²) in [5, 5.41) is 0. The van der Waals surface area contributed by atoms with Gasteiger partial charge in [-0.1, -0.05) is 0 Å². The van der Waals surface area contributed by atoms with E-state index in [1.54, 1.807) is 0 Å². The van der Waals surface area contributed by atoms with Gasteiger partial charge >= 0.3 is 6.18 Å². The lowest BCUT2D eigenvalue weighted by atomic mass is 9.87. The van der Waals surface area contributed by atoms with Crippen LogP contribution in [0.1, 0.15) is 27.2 Å². The molecule has 1 heterocycles. The van der Waals surface area contributed by atoms with Crippen molar-refractivity contribution in [2.24, 2.45) is 11.7 Å². The number of alkyl halides is 3. The Bertz CT molecular complexity index is 286. The van der Waals surface area contributed by atoms with Crippen LogP contribution in [0.5, 0.6) is 0 Å². The molecule has 94 valence electrons. The number of carbonyl (C=O) groups is 1. The summed E-state index contributed by atoms with van der Waals surface area (Å²) in [6, 6.07) is -0.758. The number of carbonyl (C=O) groups excluding carboxylic acids is 1. The number of likely N-dealkylation sites (tertiary alicyclic amines) is 1. The van der Waals surface area contributed by atoms with Crippen molar-refractivity contribution in [3.05, 3.63) is 0 Å². The van der Waals surface area contributed by atoms with Crippen LogP contribution in [0.2, 0.25) is 0 Å². The van der Waals surface area contributed by atoms with Crippen LogP contribution in [-0.2, 0) is 4.79 Å². The average Bonchev–Trinajstić information content (AvgIpc) is 2.38.